The molecular formula is C13H17N3O. The molecule has 2 rings (SSSR count). The third-order valence-electron chi connectivity index (χ3n) is 3.07. The summed E-state index contributed by atoms with van der Waals surface area (Å²) < 4.78 is 1.61. The van der Waals surface area contributed by atoms with Crippen LogP contribution in [0.15, 0.2) is 35.1 Å². The van der Waals surface area contributed by atoms with Crippen LogP contribution in [0.25, 0.3) is 0 Å². The second-order valence-corrected chi connectivity index (χ2v) is 4.16. The molecule has 1 aromatic carbocycles. The maximum Gasteiger partial charge on any atom is 0.272 e. The first kappa shape index (κ1) is 11.5. The maximum atomic E-state index is 12.0. The van der Waals surface area contributed by atoms with Crippen LogP contribution in [0.1, 0.15) is 30.5 Å². The van der Waals surface area contributed by atoms with Gasteiger partial charge in [0.25, 0.3) is 5.56 Å². The molecule has 3 N–H and O–H groups in total. The van der Waals surface area contributed by atoms with Gasteiger partial charge in [0.15, 0.2) is 0 Å². The zero-order valence-corrected chi connectivity index (χ0v) is 10.1. The number of aromatic nitrogens is 2. The number of nitrogens with one attached hydrogen (secondary N) is 1. The van der Waals surface area contributed by atoms with Gasteiger partial charge in [-0.1, -0.05) is 37.3 Å². The van der Waals surface area contributed by atoms with Gasteiger partial charge in [-0.05, 0) is 18.9 Å². The molecule has 17 heavy (non-hydrogen) atoms. The average Bonchev–Trinajstić information content (AvgIpc) is 2.60. The standard InChI is InChI=1S/C13H17N3O/c1-3-11(10-7-5-4-6-8-10)16-13(17)9(2)12(14)15-16/h4-8,11,15H,3,14H2,1-2H3. The van der Waals surface area contributed by atoms with Gasteiger partial charge in [-0.15, -0.1) is 0 Å². The Bertz CT molecular complexity index is 554. The van der Waals surface area contributed by atoms with E-state index >= 15 is 0 Å². The predicted octanol–water partition coefficient (Wildman–Crippen LogP) is 2.07. The summed E-state index contributed by atoms with van der Waals surface area (Å²) in [5.41, 5.74) is 7.38. The highest BCUT2D eigenvalue weighted by atomic mass is 16.1. The Morgan fingerprint density at radius 3 is 2.47 bits per heavy atom. The minimum atomic E-state index is -0.0433. The van der Waals surface area contributed by atoms with E-state index in [0.29, 0.717) is 11.4 Å². The summed E-state index contributed by atoms with van der Waals surface area (Å²) in [5, 5.41) is 2.94. The molecule has 1 unspecified atom stereocenters. The fourth-order valence-corrected chi connectivity index (χ4v) is 2.02. The van der Waals surface area contributed by atoms with E-state index in [-0.39, 0.29) is 11.6 Å². The van der Waals surface area contributed by atoms with Crippen LogP contribution in [0.2, 0.25) is 0 Å². The van der Waals surface area contributed by atoms with Crippen LogP contribution in [-0.2, 0) is 0 Å². The zero-order chi connectivity index (χ0) is 12.4. The predicted molar refractivity (Wildman–Crippen MR) is 69.1 cm³/mol. The molecule has 0 aliphatic heterocycles. The van der Waals surface area contributed by atoms with Crippen molar-refractivity contribution in [2.75, 3.05) is 5.73 Å². The number of rotatable bonds is 3. The van der Waals surface area contributed by atoms with E-state index in [0.717, 1.165) is 12.0 Å². The molecule has 0 saturated carbocycles. The number of hydrogen-bond acceptors (Lipinski definition) is 2. The largest absolute Gasteiger partial charge is 0.384 e. The van der Waals surface area contributed by atoms with Crippen molar-refractivity contribution in [3.63, 3.8) is 0 Å². The van der Waals surface area contributed by atoms with Gasteiger partial charge in [0.1, 0.15) is 5.82 Å². The molecule has 0 fully saturated rings. The Morgan fingerprint density at radius 2 is 2.00 bits per heavy atom. The first-order chi connectivity index (χ1) is 8.15. The van der Waals surface area contributed by atoms with E-state index in [1.165, 1.54) is 0 Å². The first-order valence-corrected chi connectivity index (χ1v) is 5.76. The molecular weight excluding hydrogens is 214 g/mol. The van der Waals surface area contributed by atoms with Gasteiger partial charge in [0, 0.05) is 0 Å². The van der Waals surface area contributed by atoms with Crippen molar-refractivity contribution in [1.29, 1.82) is 0 Å². The minimum Gasteiger partial charge on any atom is -0.384 e. The van der Waals surface area contributed by atoms with E-state index in [9.17, 15) is 4.79 Å². The summed E-state index contributed by atoms with van der Waals surface area (Å²) in [5.74, 6) is 0.449. The van der Waals surface area contributed by atoms with Gasteiger partial charge in [-0.2, -0.15) is 0 Å². The lowest BCUT2D eigenvalue weighted by atomic mass is 10.1. The molecule has 0 radical (unpaired) electrons. The summed E-state index contributed by atoms with van der Waals surface area (Å²) in [6, 6.07) is 9.97. The summed E-state index contributed by atoms with van der Waals surface area (Å²) in [6.45, 7) is 3.79. The quantitative estimate of drug-likeness (QED) is 0.849. The van der Waals surface area contributed by atoms with E-state index in [4.69, 9.17) is 5.73 Å². The monoisotopic (exact) mass is 231 g/mol. The van der Waals surface area contributed by atoms with Crippen LogP contribution in [0.3, 0.4) is 0 Å². The van der Waals surface area contributed by atoms with Crippen molar-refractivity contribution >= 4 is 5.82 Å². The van der Waals surface area contributed by atoms with Crippen molar-refractivity contribution in [2.24, 2.45) is 0 Å². The third kappa shape index (κ3) is 1.98. The highest BCUT2D eigenvalue weighted by Gasteiger charge is 2.16. The van der Waals surface area contributed by atoms with Gasteiger partial charge in [0.05, 0.1) is 11.6 Å². The average molecular weight is 231 g/mol. The number of nitrogen functional groups attached to an aromatic ring is 1. The van der Waals surface area contributed by atoms with Crippen LogP contribution in [0.5, 0.6) is 0 Å². The molecule has 0 aliphatic rings. The van der Waals surface area contributed by atoms with Gasteiger partial charge in [-0.3, -0.25) is 9.89 Å². The SMILES string of the molecule is CCC(c1ccccc1)n1[nH]c(N)c(C)c1=O. The van der Waals surface area contributed by atoms with E-state index in [2.05, 4.69) is 12.0 Å². The molecule has 0 amide bonds. The van der Waals surface area contributed by atoms with Crippen LogP contribution in [0, 0.1) is 6.92 Å². The smallest absolute Gasteiger partial charge is 0.272 e. The Kier molecular flexibility index (Phi) is 3.04. The van der Waals surface area contributed by atoms with E-state index < -0.39 is 0 Å². The molecule has 0 saturated heterocycles. The third-order valence-corrected chi connectivity index (χ3v) is 3.07. The second kappa shape index (κ2) is 4.49. The molecule has 4 heteroatoms. The first-order valence-electron chi connectivity index (χ1n) is 5.76. The summed E-state index contributed by atoms with van der Waals surface area (Å²) in [7, 11) is 0. The van der Waals surface area contributed by atoms with Gasteiger partial charge in [-0.25, -0.2) is 4.68 Å². The second-order valence-electron chi connectivity index (χ2n) is 4.16. The number of anilines is 1. The van der Waals surface area contributed by atoms with Crippen molar-refractivity contribution in [2.45, 2.75) is 26.3 Å². The van der Waals surface area contributed by atoms with E-state index in [1.54, 1.807) is 11.6 Å². The molecule has 90 valence electrons. The number of hydrogen-bond donors (Lipinski definition) is 2. The lowest BCUT2D eigenvalue weighted by Crippen LogP contribution is -2.23. The van der Waals surface area contributed by atoms with Crippen LogP contribution < -0.4 is 11.3 Å². The number of aromatic amines is 1. The molecule has 1 atom stereocenters. The number of nitrogens with zero attached hydrogens (tertiary/aromatic N) is 1. The zero-order valence-electron chi connectivity index (χ0n) is 10.1. The fourth-order valence-electron chi connectivity index (χ4n) is 2.02. The van der Waals surface area contributed by atoms with E-state index in [1.807, 2.05) is 30.3 Å². The molecule has 4 nitrogen and oxygen atoms in total. The molecule has 0 spiro atoms. The number of benzene rings is 1. The lowest BCUT2D eigenvalue weighted by molar-refractivity contribution is 0.496. The highest BCUT2D eigenvalue weighted by molar-refractivity contribution is 5.36. The normalized spacial score (nSPS) is 12.6. The maximum absolute atomic E-state index is 12.0. The molecule has 0 aliphatic carbocycles. The van der Waals surface area contributed by atoms with Crippen molar-refractivity contribution in [3.05, 3.63) is 51.8 Å². The Labute approximate surface area is 100 Å². The molecule has 0 bridgehead atoms. The molecule has 1 aromatic heterocycles. The highest BCUT2D eigenvalue weighted by Crippen LogP contribution is 2.20. The van der Waals surface area contributed by atoms with Gasteiger partial charge in [0.2, 0.25) is 0 Å². The van der Waals surface area contributed by atoms with Crippen molar-refractivity contribution in [1.82, 2.24) is 9.78 Å². The summed E-state index contributed by atoms with van der Waals surface area (Å²) in [6.07, 6.45) is 0.837. The van der Waals surface area contributed by atoms with Crippen molar-refractivity contribution < 1.29 is 0 Å². The number of H-pyrrole nitrogens is 1. The Morgan fingerprint density at radius 1 is 1.35 bits per heavy atom. The lowest BCUT2D eigenvalue weighted by Gasteiger charge is -2.16. The van der Waals surface area contributed by atoms with Crippen molar-refractivity contribution in [3.8, 4) is 0 Å². The Hall–Kier alpha value is -1.97. The topological polar surface area (TPSA) is 63.8 Å². The number of nitrogens with two attached hydrogens (primary N) is 1. The van der Waals surface area contributed by atoms with Crippen LogP contribution in [0.4, 0.5) is 5.82 Å². The van der Waals surface area contributed by atoms with Gasteiger partial charge < -0.3 is 5.73 Å². The summed E-state index contributed by atoms with van der Waals surface area (Å²) in [4.78, 5) is 12.0. The van der Waals surface area contributed by atoms with Crippen LogP contribution >= 0.6 is 0 Å². The Balaban J connectivity index is 2.50. The molecule has 2 aromatic rings. The minimum absolute atomic E-state index is 0.0136. The van der Waals surface area contributed by atoms with Gasteiger partial charge >= 0.3 is 0 Å². The summed E-state index contributed by atoms with van der Waals surface area (Å²) >= 11 is 0. The van der Waals surface area contributed by atoms with Crippen LogP contribution in [-0.4, -0.2) is 9.78 Å². The molecule has 1 heterocycles. The fraction of sp³-hybridized carbons (Fsp3) is 0.308.